The molecule has 1 heteroatoms. The van der Waals surface area contributed by atoms with Gasteiger partial charge in [-0.2, -0.15) is 0 Å². The average molecular weight is 170 g/mol. The predicted octanol–water partition coefficient (Wildman–Crippen LogP) is 1.64. The first-order chi connectivity index (χ1) is 5.89. The molecule has 1 saturated heterocycles. The highest BCUT2D eigenvalue weighted by atomic mass is 15.1. The van der Waals surface area contributed by atoms with Crippen LogP contribution in [0.3, 0.4) is 0 Å². The van der Waals surface area contributed by atoms with Crippen molar-refractivity contribution >= 4 is 0 Å². The minimum absolute atomic E-state index is 1.40. The Morgan fingerprint density at radius 2 is 0.917 bits per heavy atom. The van der Waals surface area contributed by atoms with E-state index in [-0.39, 0.29) is 0 Å². The molecule has 72 valence electrons. The van der Waals surface area contributed by atoms with Crippen LogP contribution < -0.4 is 4.90 Å². The van der Waals surface area contributed by atoms with Crippen LogP contribution in [0.2, 0.25) is 0 Å². The molecule has 0 bridgehead atoms. The molecule has 0 saturated carbocycles. The number of quaternary nitrogens is 1. The molecule has 1 fully saturated rings. The highest BCUT2D eigenvalue weighted by molar-refractivity contribution is 4.47. The molecule has 1 N–H and O–H groups in total. The van der Waals surface area contributed by atoms with Crippen LogP contribution in [0, 0.1) is 0 Å². The molecule has 1 aliphatic heterocycles. The summed E-state index contributed by atoms with van der Waals surface area (Å²) < 4.78 is 0. The summed E-state index contributed by atoms with van der Waals surface area (Å²) in [5, 5.41) is 0. The van der Waals surface area contributed by atoms with E-state index in [0.29, 0.717) is 0 Å². The lowest BCUT2D eigenvalue weighted by Crippen LogP contribution is -3.09. The van der Waals surface area contributed by atoms with Crippen molar-refractivity contribution in [1.29, 1.82) is 0 Å². The summed E-state index contributed by atoms with van der Waals surface area (Å²) in [6, 6.07) is 0. The molecule has 0 amide bonds. The molecule has 0 aromatic heterocycles. The van der Waals surface area contributed by atoms with Gasteiger partial charge in [-0.05, 0) is 25.7 Å². The Morgan fingerprint density at radius 1 is 0.583 bits per heavy atom. The normalized spacial score (nSPS) is 24.8. The van der Waals surface area contributed by atoms with E-state index in [4.69, 9.17) is 0 Å². The Balaban J connectivity index is 2.13. The van der Waals surface area contributed by atoms with Gasteiger partial charge < -0.3 is 4.90 Å². The molecule has 1 rings (SSSR count). The van der Waals surface area contributed by atoms with E-state index in [0.717, 1.165) is 0 Å². The fourth-order valence-corrected chi connectivity index (χ4v) is 2.04. The van der Waals surface area contributed by atoms with E-state index in [1.807, 2.05) is 0 Å². The van der Waals surface area contributed by atoms with Crippen LogP contribution >= 0.6 is 0 Å². The molecule has 12 heavy (non-hydrogen) atoms. The van der Waals surface area contributed by atoms with Crippen molar-refractivity contribution in [1.82, 2.24) is 0 Å². The average Bonchev–Trinajstić information content (AvgIpc) is 2.11. The van der Waals surface area contributed by atoms with E-state index < -0.39 is 0 Å². The molecular formula is C11H24N+. The van der Waals surface area contributed by atoms with Gasteiger partial charge in [0.2, 0.25) is 0 Å². The quantitative estimate of drug-likeness (QED) is 0.564. The zero-order valence-electron chi connectivity index (χ0n) is 8.57. The summed E-state index contributed by atoms with van der Waals surface area (Å²) in [6.45, 7) is 2.81. The zero-order chi connectivity index (χ0) is 8.65. The van der Waals surface area contributed by atoms with Gasteiger partial charge in [0.05, 0.1) is 20.1 Å². The van der Waals surface area contributed by atoms with E-state index in [2.05, 4.69) is 7.05 Å². The molecule has 0 aromatic carbocycles. The molecule has 0 unspecified atom stereocenters. The third-order valence-electron chi connectivity index (χ3n) is 2.96. The first-order valence-electron chi connectivity index (χ1n) is 5.71. The summed E-state index contributed by atoms with van der Waals surface area (Å²) in [4.78, 5) is 1.75. The van der Waals surface area contributed by atoms with Crippen molar-refractivity contribution in [3.8, 4) is 0 Å². The van der Waals surface area contributed by atoms with E-state index in [9.17, 15) is 0 Å². The SMILES string of the molecule is C[NH+]1CCCCCCCCCC1. The summed E-state index contributed by atoms with van der Waals surface area (Å²) in [5.74, 6) is 0. The maximum absolute atomic E-state index is 2.35. The number of hydrogen-bond acceptors (Lipinski definition) is 0. The van der Waals surface area contributed by atoms with Crippen molar-refractivity contribution in [2.24, 2.45) is 0 Å². The molecule has 1 heterocycles. The van der Waals surface area contributed by atoms with Crippen molar-refractivity contribution < 1.29 is 4.90 Å². The van der Waals surface area contributed by atoms with Gasteiger partial charge in [-0.25, -0.2) is 0 Å². The zero-order valence-corrected chi connectivity index (χ0v) is 8.57. The monoisotopic (exact) mass is 170 g/mol. The molecule has 0 atom stereocenters. The van der Waals surface area contributed by atoms with Gasteiger partial charge in [0.1, 0.15) is 0 Å². The van der Waals surface area contributed by atoms with Crippen LogP contribution in [0.25, 0.3) is 0 Å². The highest BCUT2D eigenvalue weighted by Gasteiger charge is 2.02. The lowest BCUT2D eigenvalue weighted by atomic mass is 10.1. The van der Waals surface area contributed by atoms with Gasteiger partial charge in [0, 0.05) is 0 Å². The van der Waals surface area contributed by atoms with Crippen molar-refractivity contribution in [2.45, 2.75) is 51.4 Å². The molecule has 0 spiro atoms. The molecule has 1 nitrogen and oxygen atoms in total. The summed E-state index contributed by atoms with van der Waals surface area (Å²) in [7, 11) is 2.35. The van der Waals surface area contributed by atoms with Gasteiger partial charge in [-0.3, -0.25) is 0 Å². The Kier molecular flexibility index (Phi) is 5.42. The van der Waals surface area contributed by atoms with E-state index in [1.54, 1.807) is 4.90 Å². The second-order valence-corrected chi connectivity index (χ2v) is 4.29. The molecule has 0 aromatic rings. The third-order valence-corrected chi connectivity index (χ3v) is 2.96. The first kappa shape index (κ1) is 10.0. The third kappa shape index (κ3) is 4.76. The van der Waals surface area contributed by atoms with Crippen LogP contribution in [0.5, 0.6) is 0 Å². The lowest BCUT2D eigenvalue weighted by Gasteiger charge is -2.12. The van der Waals surface area contributed by atoms with Crippen LogP contribution in [-0.2, 0) is 0 Å². The van der Waals surface area contributed by atoms with Gasteiger partial charge in [0.15, 0.2) is 0 Å². The second-order valence-electron chi connectivity index (χ2n) is 4.29. The first-order valence-corrected chi connectivity index (χ1v) is 5.71. The summed E-state index contributed by atoms with van der Waals surface area (Å²) >= 11 is 0. The van der Waals surface area contributed by atoms with Gasteiger partial charge in [-0.1, -0.05) is 25.7 Å². The fourth-order valence-electron chi connectivity index (χ4n) is 2.04. The van der Waals surface area contributed by atoms with Gasteiger partial charge in [0.25, 0.3) is 0 Å². The van der Waals surface area contributed by atoms with Gasteiger partial charge in [-0.15, -0.1) is 0 Å². The maximum Gasteiger partial charge on any atom is 0.0768 e. The van der Waals surface area contributed by atoms with Crippen LogP contribution in [-0.4, -0.2) is 20.1 Å². The predicted molar refractivity (Wildman–Crippen MR) is 53.6 cm³/mol. The van der Waals surface area contributed by atoms with Crippen LogP contribution in [0.15, 0.2) is 0 Å². The van der Waals surface area contributed by atoms with Crippen molar-refractivity contribution in [3.63, 3.8) is 0 Å². The smallest absolute Gasteiger partial charge is 0.0768 e. The number of hydrogen-bond donors (Lipinski definition) is 1. The minimum Gasteiger partial charge on any atom is -0.337 e. The Hall–Kier alpha value is -0.0400. The Bertz CT molecular complexity index is 89.2. The topological polar surface area (TPSA) is 4.44 Å². The number of rotatable bonds is 0. The summed E-state index contributed by atoms with van der Waals surface area (Å²) in [6.07, 6.45) is 11.8. The second kappa shape index (κ2) is 6.47. The molecule has 1 aliphatic rings. The molecular weight excluding hydrogens is 146 g/mol. The maximum atomic E-state index is 2.35. The van der Waals surface area contributed by atoms with Gasteiger partial charge >= 0.3 is 0 Å². The van der Waals surface area contributed by atoms with E-state index >= 15 is 0 Å². The largest absolute Gasteiger partial charge is 0.337 e. The standard InChI is InChI=1S/C11H23N/c1-12-10-8-6-4-2-3-5-7-9-11-12/h2-11H2,1H3/p+1. The molecule has 0 radical (unpaired) electrons. The van der Waals surface area contributed by atoms with Crippen LogP contribution in [0.1, 0.15) is 51.4 Å². The Morgan fingerprint density at radius 3 is 1.33 bits per heavy atom. The molecule has 0 aliphatic carbocycles. The highest BCUT2D eigenvalue weighted by Crippen LogP contribution is 2.08. The van der Waals surface area contributed by atoms with E-state index in [1.165, 1.54) is 64.5 Å². The fraction of sp³-hybridized carbons (Fsp3) is 1.00. The van der Waals surface area contributed by atoms with Crippen LogP contribution in [0.4, 0.5) is 0 Å². The summed E-state index contributed by atoms with van der Waals surface area (Å²) in [5.41, 5.74) is 0. The van der Waals surface area contributed by atoms with Crippen molar-refractivity contribution in [3.05, 3.63) is 0 Å². The van der Waals surface area contributed by atoms with Crippen molar-refractivity contribution in [2.75, 3.05) is 20.1 Å². The minimum atomic E-state index is 1.40. The lowest BCUT2D eigenvalue weighted by molar-refractivity contribution is -0.880. The number of nitrogens with one attached hydrogen (secondary N) is 1. The Labute approximate surface area is 77.1 Å².